The summed E-state index contributed by atoms with van der Waals surface area (Å²) in [5, 5.41) is 14.1. The minimum absolute atomic E-state index is 0.168. The maximum atomic E-state index is 9.10. The highest BCUT2D eigenvalue weighted by Crippen LogP contribution is 2.35. The maximum absolute atomic E-state index is 9.10. The average Bonchev–Trinajstić information content (AvgIpc) is 2.72. The van der Waals surface area contributed by atoms with Crippen molar-refractivity contribution in [2.24, 2.45) is 0 Å². The molecule has 2 N–H and O–H groups in total. The van der Waals surface area contributed by atoms with Gasteiger partial charge in [-0.1, -0.05) is 41.7 Å². The Labute approximate surface area is 125 Å². The zero-order chi connectivity index (χ0) is 14.2. The normalized spacial score (nSPS) is 10.5. The van der Waals surface area contributed by atoms with E-state index in [1.807, 2.05) is 13.0 Å². The molecule has 0 radical (unpaired) electrons. The monoisotopic (exact) mass is 314 g/mol. The summed E-state index contributed by atoms with van der Waals surface area (Å²) >= 11 is 18.1. The lowest BCUT2D eigenvalue weighted by Crippen LogP contribution is -2.03. The van der Waals surface area contributed by atoms with Crippen molar-refractivity contribution >= 4 is 40.6 Å². The second kappa shape index (κ2) is 5.30. The summed E-state index contributed by atoms with van der Waals surface area (Å²) in [5.41, 5.74) is 7.30. The van der Waals surface area contributed by atoms with Gasteiger partial charge in [-0.15, -0.1) is 5.10 Å². The van der Waals surface area contributed by atoms with Gasteiger partial charge in [0, 0.05) is 0 Å². The van der Waals surface area contributed by atoms with E-state index in [0.717, 1.165) is 0 Å². The highest BCUT2D eigenvalue weighted by atomic mass is 35.5. The van der Waals surface area contributed by atoms with E-state index in [2.05, 4.69) is 5.10 Å². The van der Waals surface area contributed by atoms with E-state index < -0.39 is 0 Å². The molecule has 98 valence electrons. The first-order valence-corrected chi connectivity index (χ1v) is 6.56. The van der Waals surface area contributed by atoms with E-state index in [0.29, 0.717) is 28.4 Å². The average molecular weight is 316 g/mol. The molecule has 0 saturated carbocycles. The van der Waals surface area contributed by atoms with Gasteiger partial charge in [0.15, 0.2) is 5.82 Å². The maximum Gasteiger partial charge on any atom is 0.164 e. The number of nitrogen functional groups attached to an aromatic ring is 1. The number of hydrogen-bond acceptors (Lipinski definition) is 3. The lowest BCUT2D eigenvalue weighted by molar-refractivity contribution is 0.816. The molecule has 1 aromatic carbocycles. The third-order valence-electron chi connectivity index (χ3n) is 2.70. The van der Waals surface area contributed by atoms with Gasteiger partial charge in [0.1, 0.15) is 11.6 Å². The number of rotatable bonds is 2. The van der Waals surface area contributed by atoms with E-state index in [9.17, 15) is 0 Å². The van der Waals surface area contributed by atoms with Gasteiger partial charge in [-0.2, -0.15) is 5.26 Å². The first-order valence-electron chi connectivity index (χ1n) is 5.42. The highest BCUT2D eigenvalue weighted by Gasteiger charge is 2.18. The van der Waals surface area contributed by atoms with Gasteiger partial charge < -0.3 is 5.73 Å². The van der Waals surface area contributed by atoms with Crippen molar-refractivity contribution in [3.05, 3.63) is 38.5 Å². The van der Waals surface area contributed by atoms with E-state index in [1.165, 1.54) is 4.68 Å². The topological polar surface area (TPSA) is 67.6 Å². The second-order valence-corrected chi connectivity index (χ2v) is 4.94. The fourth-order valence-corrected chi connectivity index (χ4v) is 2.41. The molecular weight excluding hydrogens is 307 g/mol. The van der Waals surface area contributed by atoms with E-state index in [1.54, 1.807) is 12.1 Å². The van der Waals surface area contributed by atoms with Gasteiger partial charge in [0.2, 0.25) is 0 Å². The van der Waals surface area contributed by atoms with Crippen molar-refractivity contribution in [2.75, 3.05) is 5.73 Å². The van der Waals surface area contributed by atoms with E-state index >= 15 is 0 Å². The highest BCUT2D eigenvalue weighted by molar-refractivity contribution is 6.48. The molecule has 0 spiro atoms. The first-order chi connectivity index (χ1) is 9.01. The number of nitrogens with zero attached hydrogens (tertiary/aromatic N) is 3. The van der Waals surface area contributed by atoms with Crippen LogP contribution in [0, 0.1) is 11.3 Å². The molecule has 0 aliphatic heterocycles. The van der Waals surface area contributed by atoms with Crippen LogP contribution >= 0.6 is 34.8 Å². The minimum Gasteiger partial charge on any atom is -0.381 e. The Balaban J connectivity index is 2.74. The molecular formula is C12H9Cl3N4. The summed E-state index contributed by atoms with van der Waals surface area (Å²) in [7, 11) is 0. The van der Waals surface area contributed by atoms with Gasteiger partial charge >= 0.3 is 0 Å². The molecule has 0 saturated heterocycles. The molecule has 0 bridgehead atoms. The Morgan fingerprint density at radius 3 is 2.58 bits per heavy atom. The fourth-order valence-electron chi connectivity index (χ4n) is 1.80. The van der Waals surface area contributed by atoms with Crippen LogP contribution in [0.2, 0.25) is 15.1 Å². The number of aromatic nitrogens is 2. The Hall–Kier alpha value is -1.41. The van der Waals surface area contributed by atoms with Crippen molar-refractivity contribution in [1.82, 2.24) is 9.78 Å². The van der Waals surface area contributed by atoms with Crippen molar-refractivity contribution in [3.63, 3.8) is 0 Å². The quantitative estimate of drug-likeness (QED) is 0.856. The Bertz CT molecular complexity index is 685. The summed E-state index contributed by atoms with van der Waals surface area (Å²) in [5.74, 6) is 0.168. The van der Waals surface area contributed by atoms with Gasteiger partial charge in [-0.05, 0) is 18.6 Å². The van der Waals surface area contributed by atoms with Crippen molar-refractivity contribution in [3.8, 4) is 11.8 Å². The van der Waals surface area contributed by atoms with Gasteiger partial charge in [-0.3, -0.25) is 0 Å². The Morgan fingerprint density at radius 2 is 2.00 bits per heavy atom. The summed E-state index contributed by atoms with van der Waals surface area (Å²) in [4.78, 5) is 0. The molecule has 7 heteroatoms. The third-order valence-corrected chi connectivity index (χ3v) is 3.98. The molecule has 0 aliphatic rings. The number of anilines is 1. The predicted octanol–water partition coefficient (Wildman–Crippen LogP) is 3.85. The van der Waals surface area contributed by atoms with Crippen LogP contribution in [0.3, 0.4) is 0 Å². The Kier molecular flexibility index (Phi) is 3.91. The molecule has 1 heterocycles. The molecule has 0 fully saturated rings. The molecule has 4 nitrogen and oxygen atoms in total. The first kappa shape index (κ1) is 14.0. The van der Waals surface area contributed by atoms with Crippen LogP contribution in [0.5, 0.6) is 0 Å². The van der Waals surface area contributed by atoms with Crippen LogP contribution in [-0.2, 0) is 6.42 Å². The van der Waals surface area contributed by atoms with Gasteiger partial charge in [0.25, 0.3) is 0 Å². The minimum atomic E-state index is 0.168. The van der Waals surface area contributed by atoms with Gasteiger partial charge in [0.05, 0.1) is 26.4 Å². The molecule has 19 heavy (non-hydrogen) atoms. The van der Waals surface area contributed by atoms with Crippen LogP contribution in [0.4, 0.5) is 5.82 Å². The van der Waals surface area contributed by atoms with Crippen LogP contribution < -0.4 is 5.73 Å². The fraction of sp³-hybridized carbons (Fsp3) is 0.167. The molecule has 2 aromatic rings. The number of halogens is 3. The summed E-state index contributed by atoms with van der Waals surface area (Å²) in [6, 6.07) is 5.34. The number of benzene rings is 1. The lowest BCUT2D eigenvalue weighted by Gasteiger charge is -2.10. The molecule has 0 aliphatic carbocycles. The molecule has 0 atom stereocenters. The number of nitrogens with two attached hydrogens (primary N) is 1. The Morgan fingerprint density at radius 1 is 1.32 bits per heavy atom. The summed E-state index contributed by atoms with van der Waals surface area (Å²) < 4.78 is 1.53. The predicted molar refractivity (Wildman–Crippen MR) is 77.1 cm³/mol. The molecule has 0 amide bonds. The number of hydrogen-bond donors (Lipinski definition) is 1. The van der Waals surface area contributed by atoms with E-state index in [-0.39, 0.29) is 15.9 Å². The summed E-state index contributed by atoms with van der Waals surface area (Å²) in [6.07, 6.45) is 0.587. The molecule has 0 unspecified atom stereocenters. The van der Waals surface area contributed by atoms with Crippen molar-refractivity contribution in [2.45, 2.75) is 13.3 Å². The summed E-state index contributed by atoms with van der Waals surface area (Å²) in [6.45, 7) is 1.90. The largest absolute Gasteiger partial charge is 0.381 e. The standard InChI is InChI=1S/C12H9Cl3N4/c1-2-8-6(5-16)12(17)18-19(8)9-4-3-7(13)10(14)11(9)15/h3-4H,2H2,1H3,(H2,17,18). The second-order valence-electron chi connectivity index (χ2n) is 3.78. The van der Waals surface area contributed by atoms with Crippen LogP contribution in [0.25, 0.3) is 5.69 Å². The molecule has 2 rings (SSSR count). The van der Waals surface area contributed by atoms with Gasteiger partial charge in [-0.25, -0.2) is 4.68 Å². The van der Waals surface area contributed by atoms with E-state index in [4.69, 9.17) is 45.8 Å². The van der Waals surface area contributed by atoms with Crippen LogP contribution in [0.15, 0.2) is 12.1 Å². The van der Waals surface area contributed by atoms with Crippen LogP contribution in [0.1, 0.15) is 18.2 Å². The third kappa shape index (κ3) is 2.25. The smallest absolute Gasteiger partial charge is 0.164 e. The SMILES string of the molecule is CCc1c(C#N)c(N)nn1-c1ccc(Cl)c(Cl)c1Cl. The number of nitriles is 1. The zero-order valence-electron chi connectivity index (χ0n) is 9.91. The molecule has 1 aromatic heterocycles. The van der Waals surface area contributed by atoms with Crippen LogP contribution in [-0.4, -0.2) is 9.78 Å². The van der Waals surface area contributed by atoms with Crippen molar-refractivity contribution < 1.29 is 0 Å². The lowest BCUT2D eigenvalue weighted by atomic mass is 10.2. The zero-order valence-corrected chi connectivity index (χ0v) is 12.2. The van der Waals surface area contributed by atoms with Crippen molar-refractivity contribution in [1.29, 1.82) is 5.26 Å².